The van der Waals surface area contributed by atoms with Gasteiger partial charge in [-0.2, -0.15) is 0 Å². The first-order valence-electron chi connectivity index (χ1n) is 7.13. The molecule has 1 aliphatic heterocycles. The standard InChI is InChI=1S/C15H25N3O.ClH/c1-10(2)18-11(3)8-14(13(18)5)15(19)17-7-6-16-9-12(17)4;/h8,10,12,16H,6-7,9H2,1-5H3;1H. The Labute approximate surface area is 127 Å². The Morgan fingerprint density at radius 3 is 2.55 bits per heavy atom. The number of nitrogens with zero attached hydrogens (tertiary/aromatic N) is 2. The van der Waals surface area contributed by atoms with Gasteiger partial charge in [0, 0.05) is 43.1 Å². The van der Waals surface area contributed by atoms with Gasteiger partial charge < -0.3 is 14.8 Å². The second kappa shape index (κ2) is 6.64. The van der Waals surface area contributed by atoms with E-state index in [0.29, 0.717) is 6.04 Å². The summed E-state index contributed by atoms with van der Waals surface area (Å²) in [5.74, 6) is 0.175. The normalized spacial score (nSPS) is 19.1. The first kappa shape index (κ1) is 17.1. The lowest BCUT2D eigenvalue weighted by atomic mass is 10.1. The predicted molar refractivity (Wildman–Crippen MR) is 84.9 cm³/mol. The fraction of sp³-hybridized carbons (Fsp3) is 0.667. The molecule has 2 heterocycles. The molecule has 20 heavy (non-hydrogen) atoms. The first-order chi connectivity index (χ1) is 8.93. The number of aryl methyl sites for hydroxylation is 1. The highest BCUT2D eigenvalue weighted by atomic mass is 35.5. The zero-order valence-corrected chi connectivity index (χ0v) is 13.9. The lowest BCUT2D eigenvalue weighted by Gasteiger charge is -2.34. The fourth-order valence-electron chi connectivity index (χ4n) is 3.09. The van der Waals surface area contributed by atoms with Crippen LogP contribution in [0.5, 0.6) is 0 Å². The summed E-state index contributed by atoms with van der Waals surface area (Å²) in [6, 6.07) is 2.69. The summed E-state index contributed by atoms with van der Waals surface area (Å²) in [4.78, 5) is 14.7. The van der Waals surface area contributed by atoms with E-state index in [4.69, 9.17) is 0 Å². The molecule has 1 unspecified atom stereocenters. The molecule has 1 N–H and O–H groups in total. The minimum atomic E-state index is 0. The van der Waals surface area contributed by atoms with Crippen molar-refractivity contribution in [3.63, 3.8) is 0 Å². The van der Waals surface area contributed by atoms with Crippen LogP contribution in [0.1, 0.15) is 48.6 Å². The van der Waals surface area contributed by atoms with Gasteiger partial charge in [0.15, 0.2) is 0 Å². The smallest absolute Gasteiger partial charge is 0.256 e. The zero-order valence-electron chi connectivity index (χ0n) is 13.1. The molecule has 0 bridgehead atoms. The summed E-state index contributed by atoms with van der Waals surface area (Å²) >= 11 is 0. The van der Waals surface area contributed by atoms with Crippen molar-refractivity contribution in [1.29, 1.82) is 0 Å². The van der Waals surface area contributed by atoms with Crippen molar-refractivity contribution in [1.82, 2.24) is 14.8 Å². The van der Waals surface area contributed by atoms with Gasteiger partial charge in [0.1, 0.15) is 0 Å². The number of piperazine rings is 1. The van der Waals surface area contributed by atoms with Crippen LogP contribution in [-0.4, -0.2) is 41.1 Å². The Hall–Kier alpha value is -1.000. The fourth-order valence-corrected chi connectivity index (χ4v) is 3.09. The van der Waals surface area contributed by atoms with Gasteiger partial charge in [-0.1, -0.05) is 0 Å². The van der Waals surface area contributed by atoms with Crippen LogP contribution in [0.15, 0.2) is 6.07 Å². The number of nitrogens with one attached hydrogen (secondary N) is 1. The number of amides is 1. The Balaban J connectivity index is 0.00000200. The number of carbonyl (C=O) groups excluding carboxylic acids is 1. The molecule has 1 atom stereocenters. The molecule has 0 aromatic carbocycles. The lowest BCUT2D eigenvalue weighted by Crippen LogP contribution is -2.52. The second-order valence-electron chi connectivity index (χ2n) is 5.80. The third-order valence-corrected chi connectivity index (χ3v) is 3.99. The molecular formula is C15H26ClN3O. The van der Waals surface area contributed by atoms with Gasteiger partial charge in [-0.3, -0.25) is 4.79 Å². The third kappa shape index (κ3) is 3.01. The largest absolute Gasteiger partial charge is 0.346 e. The van der Waals surface area contributed by atoms with Crippen LogP contribution in [0.3, 0.4) is 0 Å². The number of rotatable bonds is 2. The van der Waals surface area contributed by atoms with Gasteiger partial charge in [0.25, 0.3) is 5.91 Å². The predicted octanol–water partition coefficient (Wildman–Crippen LogP) is 2.54. The molecule has 1 aromatic rings. The minimum absolute atomic E-state index is 0. The van der Waals surface area contributed by atoms with E-state index in [9.17, 15) is 4.79 Å². The molecule has 0 radical (unpaired) electrons. The molecule has 1 aliphatic rings. The Morgan fingerprint density at radius 2 is 2.05 bits per heavy atom. The molecule has 0 aliphatic carbocycles. The van der Waals surface area contributed by atoms with Crippen LogP contribution < -0.4 is 5.32 Å². The monoisotopic (exact) mass is 299 g/mol. The van der Waals surface area contributed by atoms with Crippen LogP contribution in [0.25, 0.3) is 0 Å². The summed E-state index contributed by atoms with van der Waals surface area (Å²) in [6.07, 6.45) is 0. The van der Waals surface area contributed by atoms with Gasteiger partial charge in [0.05, 0.1) is 5.56 Å². The molecule has 114 valence electrons. The van der Waals surface area contributed by atoms with Crippen molar-refractivity contribution >= 4 is 18.3 Å². The Kier molecular flexibility index (Phi) is 5.66. The van der Waals surface area contributed by atoms with E-state index >= 15 is 0 Å². The highest BCUT2D eigenvalue weighted by Gasteiger charge is 2.27. The minimum Gasteiger partial charge on any atom is -0.346 e. The van der Waals surface area contributed by atoms with E-state index in [0.717, 1.165) is 30.9 Å². The molecule has 1 amide bonds. The van der Waals surface area contributed by atoms with E-state index in [1.54, 1.807) is 0 Å². The van der Waals surface area contributed by atoms with Crippen molar-refractivity contribution in [3.05, 3.63) is 23.0 Å². The van der Waals surface area contributed by atoms with Gasteiger partial charge in [-0.25, -0.2) is 0 Å². The van der Waals surface area contributed by atoms with Gasteiger partial charge in [-0.15, -0.1) is 12.4 Å². The third-order valence-electron chi connectivity index (χ3n) is 3.99. The van der Waals surface area contributed by atoms with Crippen molar-refractivity contribution < 1.29 is 4.79 Å². The summed E-state index contributed by atoms with van der Waals surface area (Å²) in [5.41, 5.74) is 3.11. The highest BCUT2D eigenvalue weighted by molar-refractivity contribution is 5.96. The second-order valence-corrected chi connectivity index (χ2v) is 5.80. The van der Waals surface area contributed by atoms with E-state index in [1.165, 1.54) is 5.69 Å². The molecule has 5 heteroatoms. The van der Waals surface area contributed by atoms with E-state index in [-0.39, 0.29) is 24.4 Å². The van der Waals surface area contributed by atoms with Crippen molar-refractivity contribution in [3.8, 4) is 0 Å². The number of carbonyl (C=O) groups is 1. The van der Waals surface area contributed by atoms with E-state index < -0.39 is 0 Å². The van der Waals surface area contributed by atoms with Crippen molar-refractivity contribution in [2.75, 3.05) is 19.6 Å². The maximum absolute atomic E-state index is 12.7. The lowest BCUT2D eigenvalue weighted by molar-refractivity contribution is 0.0655. The number of hydrogen-bond donors (Lipinski definition) is 1. The van der Waals surface area contributed by atoms with Crippen molar-refractivity contribution in [2.45, 2.75) is 46.7 Å². The quantitative estimate of drug-likeness (QED) is 0.911. The highest BCUT2D eigenvalue weighted by Crippen LogP contribution is 2.22. The molecule has 0 saturated carbocycles. The number of aromatic nitrogens is 1. The van der Waals surface area contributed by atoms with Crippen LogP contribution in [0.2, 0.25) is 0 Å². The molecule has 1 aromatic heterocycles. The SMILES string of the molecule is Cc1cc(C(=O)N2CCNCC2C)c(C)n1C(C)C.Cl. The van der Waals surface area contributed by atoms with Gasteiger partial charge in [0.2, 0.25) is 0 Å². The van der Waals surface area contributed by atoms with E-state index in [2.05, 4.69) is 37.6 Å². The molecule has 1 saturated heterocycles. The van der Waals surface area contributed by atoms with Crippen LogP contribution in [-0.2, 0) is 0 Å². The van der Waals surface area contributed by atoms with Gasteiger partial charge in [-0.05, 0) is 40.7 Å². The molecule has 4 nitrogen and oxygen atoms in total. The number of halogens is 1. The van der Waals surface area contributed by atoms with Crippen molar-refractivity contribution in [2.24, 2.45) is 0 Å². The average molecular weight is 300 g/mol. The summed E-state index contributed by atoms with van der Waals surface area (Å²) in [5, 5.41) is 3.32. The number of hydrogen-bond acceptors (Lipinski definition) is 2. The molecule has 0 spiro atoms. The topological polar surface area (TPSA) is 37.3 Å². The Morgan fingerprint density at radius 1 is 1.40 bits per heavy atom. The summed E-state index contributed by atoms with van der Waals surface area (Å²) in [6.45, 7) is 13.1. The summed E-state index contributed by atoms with van der Waals surface area (Å²) < 4.78 is 2.24. The van der Waals surface area contributed by atoms with Crippen LogP contribution in [0, 0.1) is 13.8 Å². The summed E-state index contributed by atoms with van der Waals surface area (Å²) in [7, 11) is 0. The average Bonchev–Trinajstić information content (AvgIpc) is 2.64. The first-order valence-corrected chi connectivity index (χ1v) is 7.13. The van der Waals surface area contributed by atoms with Crippen LogP contribution in [0.4, 0.5) is 0 Å². The maximum Gasteiger partial charge on any atom is 0.256 e. The molecular weight excluding hydrogens is 274 g/mol. The molecule has 1 fully saturated rings. The molecule has 2 rings (SSSR count). The zero-order chi connectivity index (χ0) is 14.2. The van der Waals surface area contributed by atoms with E-state index in [1.807, 2.05) is 17.9 Å². The Bertz CT molecular complexity index is 482. The van der Waals surface area contributed by atoms with Gasteiger partial charge >= 0.3 is 0 Å². The van der Waals surface area contributed by atoms with Crippen LogP contribution >= 0.6 is 12.4 Å². The maximum atomic E-state index is 12.7.